The SMILES string of the molecule is CCCOC(=O)C(C)(C)NP(=O)(CO[C@@H](C)Cn1cnc2c(N)ncnc21)OCCC(=O)OC(C)C. The van der Waals surface area contributed by atoms with Crippen LogP contribution in [-0.4, -0.2) is 68.8 Å². The van der Waals surface area contributed by atoms with Crippen molar-refractivity contribution in [3.8, 4) is 0 Å². The zero-order valence-corrected chi connectivity index (χ0v) is 22.6. The first-order valence-electron chi connectivity index (χ1n) is 11.8. The highest BCUT2D eigenvalue weighted by Gasteiger charge is 2.38. The smallest absolute Gasteiger partial charge is 0.326 e. The van der Waals surface area contributed by atoms with E-state index in [-0.39, 0.29) is 37.9 Å². The molecule has 0 aliphatic heterocycles. The number of carbonyl (C=O) groups is 2. The maximum absolute atomic E-state index is 13.7. The quantitative estimate of drug-likeness (QED) is 0.256. The third-order valence-corrected chi connectivity index (χ3v) is 6.77. The molecule has 0 bridgehead atoms. The molecule has 2 atom stereocenters. The van der Waals surface area contributed by atoms with Gasteiger partial charge in [-0.2, -0.15) is 0 Å². The van der Waals surface area contributed by atoms with Crippen molar-refractivity contribution in [3.63, 3.8) is 0 Å². The molecule has 0 spiro atoms. The van der Waals surface area contributed by atoms with Crippen molar-refractivity contribution in [2.75, 3.05) is 25.3 Å². The zero-order valence-electron chi connectivity index (χ0n) is 21.7. The van der Waals surface area contributed by atoms with E-state index in [2.05, 4.69) is 20.0 Å². The summed E-state index contributed by atoms with van der Waals surface area (Å²) in [4.78, 5) is 36.7. The number of nitrogens with one attached hydrogen (secondary N) is 1. The largest absolute Gasteiger partial charge is 0.464 e. The van der Waals surface area contributed by atoms with E-state index in [1.165, 1.54) is 6.33 Å². The van der Waals surface area contributed by atoms with Crippen molar-refractivity contribution in [1.29, 1.82) is 0 Å². The number of nitrogen functional groups attached to an aromatic ring is 1. The fourth-order valence-corrected chi connectivity index (χ4v) is 5.12. The second-order valence-corrected chi connectivity index (χ2v) is 11.2. The van der Waals surface area contributed by atoms with Crippen LogP contribution in [0.25, 0.3) is 11.2 Å². The van der Waals surface area contributed by atoms with Crippen molar-refractivity contribution >= 4 is 36.4 Å². The number of imidazole rings is 1. The van der Waals surface area contributed by atoms with Crippen molar-refractivity contribution in [2.45, 2.75) is 78.7 Å². The number of carbonyl (C=O) groups excluding carboxylic acids is 2. The molecule has 0 radical (unpaired) electrons. The monoisotopic (exact) mass is 528 g/mol. The van der Waals surface area contributed by atoms with Crippen molar-refractivity contribution < 1.29 is 32.9 Å². The van der Waals surface area contributed by atoms with Crippen LogP contribution >= 0.6 is 7.52 Å². The van der Waals surface area contributed by atoms with Gasteiger partial charge in [-0.15, -0.1) is 0 Å². The minimum absolute atomic E-state index is 0.109. The van der Waals surface area contributed by atoms with Gasteiger partial charge in [-0.1, -0.05) is 6.92 Å². The van der Waals surface area contributed by atoms with Crippen LogP contribution in [-0.2, 0) is 39.4 Å². The molecule has 2 rings (SSSR count). The Labute approximate surface area is 210 Å². The molecular formula is C22H37N6O7P. The highest BCUT2D eigenvalue weighted by atomic mass is 31.2. The maximum Gasteiger partial charge on any atom is 0.326 e. The number of nitrogens with two attached hydrogens (primary N) is 1. The Hall–Kier alpha value is -2.60. The predicted octanol–water partition coefficient (Wildman–Crippen LogP) is 2.64. The second-order valence-electron chi connectivity index (χ2n) is 9.10. The van der Waals surface area contributed by atoms with Crippen molar-refractivity contribution in [1.82, 2.24) is 24.6 Å². The molecule has 0 amide bonds. The summed E-state index contributed by atoms with van der Waals surface area (Å²) >= 11 is 0. The standard InChI is InChI=1S/C22H37N6O7P/c1-7-9-32-21(30)22(5,6)27-36(31,34-10-8-17(29)35-15(2)3)14-33-16(4)11-28-13-26-18-19(23)24-12-25-20(18)28/h12-13,15-16H,7-11,14H2,1-6H3,(H,27,31)(H2,23,24,25)/t16-,36?/m0/s1. The fraction of sp³-hybridized carbons (Fsp3) is 0.682. The number of aromatic nitrogens is 4. The summed E-state index contributed by atoms with van der Waals surface area (Å²) in [6, 6.07) is 0. The molecule has 14 heteroatoms. The third-order valence-electron chi connectivity index (χ3n) is 4.78. The van der Waals surface area contributed by atoms with Gasteiger partial charge < -0.3 is 29.0 Å². The summed E-state index contributed by atoms with van der Waals surface area (Å²) in [5, 5.41) is 2.77. The Kier molecular flexibility index (Phi) is 10.8. The molecule has 0 saturated carbocycles. The molecule has 1 unspecified atom stereocenters. The number of rotatable bonds is 15. The molecule has 0 fully saturated rings. The topological polar surface area (TPSA) is 170 Å². The highest BCUT2D eigenvalue weighted by molar-refractivity contribution is 7.56. The van der Waals surface area contributed by atoms with Gasteiger partial charge in [0.05, 0.1) is 44.7 Å². The molecule has 2 aromatic heterocycles. The lowest BCUT2D eigenvalue weighted by molar-refractivity contribution is -0.150. The van der Waals surface area contributed by atoms with Crippen LogP contribution in [0.4, 0.5) is 5.82 Å². The lowest BCUT2D eigenvalue weighted by Gasteiger charge is -2.30. The molecule has 202 valence electrons. The number of anilines is 1. The van der Waals surface area contributed by atoms with Crippen LogP contribution in [0.5, 0.6) is 0 Å². The lowest BCUT2D eigenvalue weighted by Crippen LogP contribution is -2.47. The summed E-state index contributed by atoms with van der Waals surface area (Å²) < 4.78 is 37.2. The number of fused-ring (bicyclic) bond motifs is 1. The molecule has 2 aromatic rings. The second kappa shape index (κ2) is 13.1. The summed E-state index contributed by atoms with van der Waals surface area (Å²) in [6.45, 7) is 10.6. The predicted molar refractivity (Wildman–Crippen MR) is 133 cm³/mol. The number of ether oxygens (including phenoxy) is 3. The van der Waals surface area contributed by atoms with E-state index in [0.717, 1.165) is 0 Å². The van der Waals surface area contributed by atoms with Crippen LogP contribution in [0, 0.1) is 0 Å². The Balaban J connectivity index is 2.08. The van der Waals surface area contributed by atoms with Gasteiger partial charge >= 0.3 is 11.9 Å². The van der Waals surface area contributed by atoms with Crippen LogP contribution in [0.2, 0.25) is 0 Å². The number of hydrogen-bond acceptors (Lipinski definition) is 11. The maximum atomic E-state index is 13.7. The van der Waals surface area contributed by atoms with Gasteiger partial charge in [-0.25, -0.2) is 20.0 Å². The van der Waals surface area contributed by atoms with Gasteiger partial charge in [-0.3, -0.25) is 14.2 Å². The number of nitrogens with zero attached hydrogens (tertiary/aromatic N) is 4. The minimum Gasteiger partial charge on any atom is -0.464 e. The first kappa shape index (κ1) is 29.6. The molecule has 0 aliphatic carbocycles. The van der Waals surface area contributed by atoms with E-state index < -0.39 is 31.1 Å². The fourth-order valence-electron chi connectivity index (χ4n) is 3.13. The van der Waals surface area contributed by atoms with Crippen molar-refractivity contribution in [3.05, 3.63) is 12.7 Å². The van der Waals surface area contributed by atoms with Gasteiger partial charge in [0.1, 0.15) is 23.7 Å². The summed E-state index contributed by atoms with van der Waals surface area (Å²) in [7, 11) is -3.77. The Bertz CT molecular complexity index is 1070. The van der Waals surface area contributed by atoms with Crippen LogP contribution in [0.15, 0.2) is 12.7 Å². The van der Waals surface area contributed by atoms with E-state index in [0.29, 0.717) is 24.1 Å². The normalized spacial score (nSPS) is 14.5. The summed E-state index contributed by atoms with van der Waals surface area (Å²) in [5.41, 5.74) is 5.52. The Morgan fingerprint density at radius 2 is 1.92 bits per heavy atom. The Morgan fingerprint density at radius 1 is 1.19 bits per heavy atom. The van der Waals surface area contributed by atoms with Gasteiger partial charge in [0, 0.05) is 0 Å². The molecule has 3 N–H and O–H groups in total. The minimum atomic E-state index is -3.77. The van der Waals surface area contributed by atoms with Crippen LogP contribution in [0.3, 0.4) is 0 Å². The Morgan fingerprint density at radius 3 is 2.58 bits per heavy atom. The number of esters is 2. The van der Waals surface area contributed by atoms with Gasteiger partial charge in [0.2, 0.25) is 0 Å². The van der Waals surface area contributed by atoms with Crippen LogP contribution < -0.4 is 10.8 Å². The molecule has 36 heavy (non-hydrogen) atoms. The van der Waals surface area contributed by atoms with E-state index >= 15 is 0 Å². The zero-order chi connectivity index (χ0) is 26.9. The molecule has 13 nitrogen and oxygen atoms in total. The van der Waals surface area contributed by atoms with Crippen LogP contribution in [0.1, 0.15) is 54.4 Å². The molecule has 2 heterocycles. The van der Waals surface area contributed by atoms with Gasteiger partial charge in [0.25, 0.3) is 7.52 Å². The average molecular weight is 529 g/mol. The lowest BCUT2D eigenvalue weighted by atomic mass is 10.1. The van der Waals surface area contributed by atoms with E-state index in [1.807, 2.05) is 6.92 Å². The summed E-state index contributed by atoms with van der Waals surface area (Å²) in [5.74, 6) is -0.800. The first-order chi connectivity index (χ1) is 16.9. The van der Waals surface area contributed by atoms with E-state index in [1.54, 1.807) is 45.5 Å². The van der Waals surface area contributed by atoms with Gasteiger partial charge in [-0.05, 0) is 41.0 Å². The van der Waals surface area contributed by atoms with E-state index in [9.17, 15) is 14.2 Å². The highest BCUT2D eigenvalue weighted by Crippen LogP contribution is 2.45. The molecule has 0 saturated heterocycles. The third kappa shape index (κ3) is 8.81. The van der Waals surface area contributed by atoms with Gasteiger partial charge in [0.15, 0.2) is 11.5 Å². The average Bonchev–Trinajstić information content (AvgIpc) is 3.19. The molecule has 0 aromatic carbocycles. The molecule has 0 aliphatic rings. The van der Waals surface area contributed by atoms with Crippen molar-refractivity contribution in [2.24, 2.45) is 0 Å². The first-order valence-corrected chi connectivity index (χ1v) is 13.6. The van der Waals surface area contributed by atoms with E-state index in [4.69, 9.17) is 24.5 Å². The molecular weight excluding hydrogens is 491 g/mol. The number of hydrogen-bond donors (Lipinski definition) is 2. The summed E-state index contributed by atoms with van der Waals surface area (Å²) in [6.07, 6.45) is 2.36.